The lowest BCUT2D eigenvalue weighted by Crippen LogP contribution is -2.33. The summed E-state index contributed by atoms with van der Waals surface area (Å²) in [7, 11) is 0. The second kappa shape index (κ2) is 7.97. The summed E-state index contributed by atoms with van der Waals surface area (Å²) in [4.78, 5) is 20.8. The van der Waals surface area contributed by atoms with Gasteiger partial charge in [0.2, 0.25) is 5.91 Å². The number of hydrogen-bond acceptors (Lipinski definition) is 5. The van der Waals surface area contributed by atoms with E-state index in [1.54, 1.807) is 12.3 Å². The first-order valence-corrected chi connectivity index (χ1v) is 8.84. The number of nitrogens with zero attached hydrogens (tertiary/aromatic N) is 2. The Morgan fingerprint density at radius 1 is 1.25 bits per heavy atom. The predicted molar refractivity (Wildman–Crippen MR) is 94.9 cm³/mol. The highest BCUT2D eigenvalue weighted by Gasteiger charge is 2.20. The van der Waals surface area contributed by atoms with E-state index in [9.17, 15) is 4.79 Å². The third-order valence-electron chi connectivity index (χ3n) is 3.61. The van der Waals surface area contributed by atoms with Crippen LogP contribution in [0.4, 0.5) is 0 Å². The third kappa shape index (κ3) is 4.14. The molecule has 3 aromatic rings. The van der Waals surface area contributed by atoms with Gasteiger partial charge in [0.05, 0.1) is 5.25 Å². The Bertz CT molecular complexity index is 771. The SMILES string of the molecule is CCC(Sc1nc2ncccc2o1)C(=O)NCCc1ccccc1. The molecule has 3 rings (SSSR count). The highest BCUT2D eigenvalue weighted by Crippen LogP contribution is 2.27. The first-order valence-electron chi connectivity index (χ1n) is 7.96. The molecule has 0 bridgehead atoms. The molecule has 1 N–H and O–H groups in total. The number of fused-ring (bicyclic) bond motifs is 1. The van der Waals surface area contributed by atoms with E-state index in [1.165, 1.54) is 17.3 Å². The molecule has 2 heterocycles. The summed E-state index contributed by atoms with van der Waals surface area (Å²) in [6, 6.07) is 13.7. The van der Waals surface area contributed by atoms with Crippen LogP contribution in [0, 0.1) is 0 Å². The van der Waals surface area contributed by atoms with Crippen molar-refractivity contribution in [3.8, 4) is 0 Å². The van der Waals surface area contributed by atoms with Gasteiger partial charge in [0.25, 0.3) is 5.22 Å². The fraction of sp³-hybridized carbons (Fsp3) is 0.278. The molecular weight excluding hydrogens is 322 g/mol. The molecule has 0 aliphatic carbocycles. The van der Waals surface area contributed by atoms with E-state index in [4.69, 9.17) is 4.42 Å². The van der Waals surface area contributed by atoms with Crippen LogP contribution >= 0.6 is 11.8 Å². The minimum atomic E-state index is -0.228. The fourth-order valence-corrected chi connectivity index (χ4v) is 3.21. The summed E-state index contributed by atoms with van der Waals surface area (Å²) in [6.07, 6.45) is 3.20. The van der Waals surface area contributed by atoms with E-state index in [-0.39, 0.29) is 11.2 Å². The Kier molecular flexibility index (Phi) is 5.48. The summed E-state index contributed by atoms with van der Waals surface area (Å²) in [5.74, 6) is 0.00801. The van der Waals surface area contributed by atoms with Crippen LogP contribution in [0.1, 0.15) is 18.9 Å². The minimum absolute atomic E-state index is 0.00801. The standard InChI is InChI=1S/C18H19N3O2S/c1-2-15(17(22)20-12-10-13-7-4-3-5-8-13)24-18-21-16-14(23-18)9-6-11-19-16/h3-9,11,15H,2,10,12H2,1H3,(H,20,22). The first-order chi connectivity index (χ1) is 11.8. The molecule has 6 heteroatoms. The largest absolute Gasteiger partial charge is 0.430 e. The zero-order chi connectivity index (χ0) is 16.8. The average molecular weight is 341 g/mol. The highest BCUT2D eigenvalue weighted by molar-refractivity contribution is 8.00. The zero-order valence-electron chi connectivity index (χ0n) is 13.4. The van der Waals surface area contributed by atoms with Crippen molar-refractivity contribution in [2.45, 2.75) is 30.2 Å². The number of rotatable bonds is 7. The molecule has 0 aliphatic rings. The van der Waals surface area contributed by atoms with E-state index >= 15 is 0 Å². The summed E-state index contributed by atoms with van der Waals surface area (Å²) >= 11 is 1.34. The monoisotopic (exact) mass is 341 g/mol. The van der Waals surface area contributed by atoms with Crippen LogP contribution in [0.3, 0.4) is 0 Å². The van der Waals surface area contributed by atoms with E-state index < -0.39 is 0 Å². The van der Waals surface area contributed by atoms with Crippen molar-refractivity contribution in [3.63, 3.8) is 0 Å². The lowest BCUT2D eigenvalue weighted by Gasteiger charge is -2.12. The molecule has 1 amide bonds. The number of hydrogen-bond donors (Lipinski definition) is 1. The molecule has 124 valence electrons. The number of carbonyl (C=O) groups excluding carboxylic acids is 1. The van der Waals surface area contributed by atoms with Crippen molar-refractivity contribution >= 4 is 28.9 Å². The number of oxazole rings is 1. The summed E-state index contributed by atoms with van der Waals surface area (Å²) in [5, 5.41) is 3.24. The van der Waals surface area contributed by atoms with Gasteiger partial charge in [-0.25, -0.2) is 4.98 Å². The number of thioether (sulfide) groups is 1. The highest BCUT2D eigenvalue weighted by atomic mass is 32.2. The molecule has 0 saturated carbocycles. The first kappa shape index (κ1) is 16.5. The van der Waals surface area contributed by atoms with Gasteiger partial charge < -0.3 is 9.73 Å². The number of carbonyl (C=O) groups is 1. The maximum Gasteiger partial charge on any atom is 0.259 e. The van der Waals surface area contributed by atoms with E-state index in [0.29, 0.717) is 29.4 Å². The van der Waals surface area contributed by atoms with Gasteiger partial charge in [0, 0.05) is 12.7 Å². The van der Waals surface area contributed by atoms with Gasteiger partial charge in [0.15, 0.2) is 11.2 Å². The van der Waals surface area contributed by atoms with E-state index in [0.717, 1.165) is 6.42 Å². The van der Waals surface area contributed by atoms with Crippen LogP contribution in [0.25, 0.3) is 11.2 Å². The van der Waals surface area contributed by atoms with Gasteiger partial charge in [-0.1, -0.05) is 49.0 Å². The van der Waals surface area contributed by atoms with Crippen molar-refractivity contribution < 1.29 is 9.21 Å². The smallest absolute Gasteiger partial charge is 0.259 e. The molecule has 0 radical (unpaired) electrons. The average Bonchev–Trinajstić information content (AvgIpc) is 3.03. The quantitative estimate of drug-likeness (QED) is 0.667. The van der Waals surface area contributed by atoms with Crippen molar-refractivity contribution in [2.24, 2.45) is 0 Å². The summed E-state index contributed by atoms with van der Waals surface area (Å²) in [5.41, 5.74) is 2.42. The molecular formula is C18H19N3O2S. The van der Waals surface area contributed by atoms with Crippen molar-refractivity contribution in [1.82, 2.24) is 15.3 Å². The van der Waals surface area contributed by atoms with Crippen LogP contribution < -0.4 is 5.32 Å². The third-order valence-corrected chi connectivity index (χ3v) is 4.82. The summed E-state index contributed by atoms with van der Waals surface area (Å²) < 4.78 is 5.63. The minimum Gasteiger partial charge on any atom is -0.430 e. The Labute approximate surface area is 144 Å². The Hall–Kier alpha value is -2.34. The topological polar surface area (TPSA) is 68.0 Å². The van der Waals surface area contributed by atoms with Crippen LogP contribution in [0.2, 0.25) is 0 Å². The molecule has 0 spiro atoms. The number of nitrogens with one attached hydrogen (secondary N) is 1. The Morgan fingerprint density at radius 2 is 2.08 bits per heavy atom. The second-order valence-corrected chi connectivity index (χ2v) is 6.50. The van der Waals surface area contributed by atoms with Crippen LogP contribution in [-0.4, -0.2) is 27.7 Å². The van der Waals surface area contributed by atoms with Gasteiger partial charge in [0.1, 0.15) is 0 Å². The molecule has 0 aliphatic heterocycles. The fourth-order valence-electron chi connectivity index (χ4n) is 2.33. The number of benzene rings is 1. The van der Waals surface area contributed by atoms with Gasteiger partial charge in [-0.3, -0.25) is 4.79 Å². The second-order valence-electron chi connectivity index (χ2n) is 5.35. The van der Waals surface area contributed by atoms with Crippen LogP contribution in [0.5, 0.6) is 0 Å². The van der Waals surface area contributed by atoms with Gasteiger partial charge in [-0.2, -0.15) is 4.98 Å². The van der Waals surface area contributed by atoms with Crippen LogP contribution in [0.15, 0.2) is 58.3 Å². The lowest BCUT2D eigenvalue weighted by atomic mass is 10.1. The predicted octanol–water partition coefficient (Wildman–Crippen LogP) is 3.45. The number of pyridine rings is 1. The van der Waals surface area contributed by atoms with Gasteiger partial charge in [-0.05, 0) is 30.5 Å². The molecule has 24 heavy (non-hydrogen) atoms. The molecule has 1 atom stereocenters. The van der Waals surface area contributed by atoms with Crippen molar-refractivity contribution in [3.05, 3.63) is 54.2 Å². The molecule has 0 saturated heterocycles. The van der Waals surface area contributed by atoms with Crippen molar-refractivity contribution in [2.75, 3.05) is 6.54 Å². The number of aromatic nitrogens is 2. The maximum absolute atomic E-state index is 12.4. The molecule has 0 fully saturated rings. The number of amides is 1. The molecule has 1 aromatic carbocycles. The molecule has 5 nitrogen and oxygen atoms in total. The maximum atomic E-state index is 12.4. The lowest BCUT2D eigenvalue weighted by molar-refractivity contribution is -0.120. The van der Waals surface area contributed by atoms with Crippen molar-refractivity contribution in [1.29, 1.82) is 0 Å². The normalized spacial score (nSPS) is 12.2. The molecule has 1 unspecified atom stereocenters. The Morgan fingerprint density at radius 3 is 2.83 bits per heavy atom. The molecule has 2 aromatic heterocycles. The Balaban J connectivity index is 1.55. The summed E-state index contributed by atoms with van der Waals surface area (Å²) in [6.45, 7) is 2.60. The van der Waals surface area contributed by atoms with Crippen LogP contribution in [-0.2, 0) is 11.2 Å². The van der Waals surface area contributed by atoms with E-state index in [2.05, 4.69) is 27.4 Å². The van der Waals surface area contributed by atoms with E-state index in [1.807, 2.05) is 31.2 Å². The van der Waals surface area contributed by atoms with Gasteiger partial charge >= 0.3 is 0 Å². The van der Waals surface area contributed by atoms with Gasteiger partial charge in [-0.15, -0.1) is 0 Å². The zero-order valence-corrected chi connectivity index (χ0v) is 14.3.